The second-order valence-corrected chi connectivity index (χ2v) is 4.03. The first kappa shape index (κ1) is 14.3. The predicted octanol–water partition coefficient (Wildman–Crippen LogP) is 3.12. The number of benzene rings is 1. The third-order valence-corrected chi connectivity index (χ3v) is 2.40. The van der Waals surface area contributed by atoms with Gasteiger partial charge in [-0.15, -0.1) is 0 Å². The molecule has 1 aromatic carbocycles. The minimum Gasteiger partial charge on any atom is -0.376 e. The van der Waals surface area contributed by atoms with E-state index in [1.807, 2.05) is 0 Å². The standard InChI is InChI=1S/C12H15F3N2O/c1-4-11(18)16-9-7-8(12(13,14)15)5-6-10(9)17(2)3/h5-7H,4H2,1-3H3,(H,16,18). The second kappa shape index (κ2) is 5.29. The zero-order chi connectivity index (χ0) is 13.9. The van der Waals surface area contributed by atoms with E-state index in [4.69, 9.17) is 0 Å². The molecule has 100 valence electrons. The highest BCUT2D eigenvalue weighted by atomic mass is 19.4. The maximum atomic E-state index is 12.6. The molecule has 1 aromatic rings. The highest BCUT2D eigenvalue weighted by molar-refractivity contribution is 5.94. The lowest BCUT2D eigenvalue weighted by Gasteiger charge is -2.19. The minimum absolute atomic E-state index is 0.168. The summed E-state index contributed by atoms with van der Waals surface area (Å²) in [5, 5.41) is 2.47. The first-order valence-electron chi connectivity index (χ1n) is 5.44. The maximum absolute atomic E-state index is 12.6. The molecule has 0 atom stereocenters. The smallest absolute Gasteiger partial charge is 0.376 e. The fraction of sp³-hybridized carbons (Fsp3) is 0.417. The molecule has 0 aliphatic carbocycles. The zero-order valence-electron chi connectivity index (χ0n) is 10.4. The van der Waals surface area contributed by atoms with Crippen LogP contribution in [0.4, 0.5) is 24.5 Å². The van der Waals surface area contributed by atoms with Crippen LogP contribution in [0.5, 0.6) is 0 Å². The van der Waals surface area contributed by atoms with Crippen molar-refractivity contribution in [1.29, 1.82) is 0 Å². The monoisotopic (exact) mass is 260 g/mol. The van der Waals surface area contributed by atoms with E-state index in [-0.39, 0.29) is 18.0 Å². The van der Waals surface area contributed by atoms with E-state index in [1.165, 1.54) is 6.07 Å². The second-order valence-electron chi connectivity index (χ2n) is 4.03. The number of rotatable bonds is 3. The van der Waals surface area contributed by atoms with Crippen molar-refractivity contribution in [2.45, 2.75) is 19.5 Å². The first-order valence-corrected chi connectivity index (χ1v) is 5.44. The van der Waals surface area contributed by atoms with E-state index >= 15 is 0 Å². The van der Waals surface area contributed by atoms with Crippen LogP contribution in [-0.4, -0.2) is 20.0 Å². The van der Waals surface area contributed by atoms with Crippen LogP contribution in [0.2, 0.25) is 0 Å². The number of halogens is 3. The molecule has 18 heavy (non-hydrogen) atoms. The average Bonchev–Trinajstić information content (AvgIpc) is 2.27. The van der Waals surface area contributed by atoms with Crippen molar-refractivity contribution in [1.82, 2.24) is 0 Å². The molecule has 0 aromatic heterocycles. The van der Waals surface area contributed by atoms with E-state index in [0.29, 0.717) is 5.69 Å². The first-order chi connectivity index (χ1) is 8.25. The van der Waals surface area contributed by atoms with E-state index in [9.17, 15) is 18.0 Å². The van der Waals surface area contributed by atoms with E-state index in [1.54, 1.807) is 25.9 Å². The van der Waals surface area contributed by atoms with Crippen molar-refractivity contribution in [2.75, 3.05) is 24.3 Å². The average molecular weight is 260 g/mol. The molecular formula is C12H15F3N2O. The summed E-state index contributed by atoms with van der Waals surface area (Å²) in [4.78, 5) is 13.0. The number of nitrogens with one attached hydrogen (secondary N) is 1. The molecule has 0 fully saturated rings. The Morgan fingerprint density at radius 2 is 1.94 bits per heavy atom. The van der Waals surface area contributed by atoms with Crippen molar-refractivity contribution < 1.29 is 18.0 Å². The van der Waals surface area contributed by atoms with Crippen LogP contribution >= 0.6 is 0 Å². The molecule has 1 N–H and O–H groups in total. The highest BCUT2D eigenvalue weighted by Crippen LogP contribution is 2.34. The number of nitrogens with zero attached hydrogens (tertiary/aromatic N) is 1. The molecule has 0 heterocycles. The largest absolute Gasteiger partial charge is 0.416 e. The van der Waals surface area contributed by atoms with Crippen LogP contribution in [0.25, 0.3) is 0 Å². The van der Waals surface area contributed by atoms with Gasteiger partial charge in [-0.1, -0.05) is 6.92 Å². The van der Waals surface area contributed by atoms with Gasteiger partial charge < -0.3 is 10.2 Å². The molecule has 1 amide bonds. The van der Waals surface area contributed by atoms with Crippen molar-refractivity contribution in [3.8, 4) is 0 Å². The number of anilines is 2. The molecule has 1 rings (SSSR count). The quantitative estimate of drug-likeness (QED) is 0.905. The molecular weight excluding hydrogens is 245 g/mol. The van der Waals surface area contributed by atoms with Gasteiger partial charge in [0.25, 0.3) is 0 Å². The Hall–Kier alpha value is -1.72. The molecule has 0 aliphatic rings. The van der Waals surface area contributed by atoms with Gasteiger partial charge in [-0.25, -0.2) is 0 Å². The topological polar surface area (TPSA) is 32.3 Å². The molecule has 0 bridgehead atoms. The number of carbonyl (C=O) groups is 1. The van der Waals surface area contributed by atoms with E-state index < -0.39 is 11.7 Å². The lowest BCUT2D eigenvalue weighted by atomic mass is 10.1. The third-order valence-electron chi connectivity index (χ3n) is 2.40. The van der Waals surface area contributed by atoms with Crippen LogP contribution in [0.3, 0.4) is 0 Å². The van der Waals surface area contributed by atoms with Crippen molar-refractivity contribution in [3.05, 3.63) is 23.8 Å². The number of hydrogen-bond acceptors (Lipinski definition) is 2. The highest BCUT2D eigenvalue weighted by Gasteiger charge is 2.31. The molecule has 6 heteroatoms. The number of hydrogen-bond donors (Lipinski definition) is 1. The molecule has 0 saturated carbocycles. The van der Waals surface area contributed by atoms with Gasteiger partial charge in [0.1, 0.15) is 0 Å². The number of amides is 1. The summed E-state index contributed by atoms with van der Waals surface area (Å²) in [6.45, 7) is 1.64. The minimum atomic E-state index is -4.42. The molecule has 0 aliphatic heterocycles. The number of carbonyl (C=O) groups excluding carboxylic acids is 1. The van der Waals surface area contributed by atoms with Gasteiger partial charge in [0.15, 0.2) is 0 Å². The summed E-state index contributed by atoms with van der Waals surface area (Å²) in [5.74, 6) is -0.322. The summed E-state index contributed by atoms with van der Waals surface area (Å²) in [6.07, 6.45) is -4.21. The molecule has 0 spiro atoms. The van der Waals surface area contributed by atoms with Gasteiger partial charge in [-0.3, -0.25) is 4.79 Å². The Morgan fingerprint density at radius 1 is 1.33 bits per heavy atom. The summed E-state index contributed by atoms with van der Waals surface area (Å²) >= 11 is 0. The Morgan fingerprint density at radius 3 is 2.39 bits per heavy atom. The fourth-order valence-electron chi connectivity index (χ4n) is 1.44. The van der Waals surface area contributed by atoms with Gasteiger partial charge in [-0.2, -0.15) is 13.2 Å². The van der Waals surface area contributed by atoms with Crippen LogP contribution < -0.4 is 10.2 Å². The predicted molar refractivity (Wildman–Crippen MR) is 64.7 cm³/mol. The van der Waals surface area contributed by atoms with Gasteiger partial charge >= 0.3 is 6.18 Å². The van der Waals surface area contributed by atoms with E-state index in [0.717, 1.165) is 12.1 Å². The zero-order valence-corrected chi connectivity index (χ0v) is 10.4. The summed E-state index contributed by atoms with van der Waals surface area (Å²) in [6, 6.07) is 3.29. The lowest BCUT2D eigenvalue weighted by molar-refractivity contribution is -0.137. The van der Waals surface area contributed by atoms with Gasteiger partial charge in [-0.05, 0) is 18.2 Å². The Kier molecular flexibility index (Phi) is 4.21. The summed E-state index contributed by atoms with van der Waals surface area (Å²) in [5.41, 5.74) is -0.0778. The molecule has 0 radical (unpaired) electrons. The van der Waals surface area contributed by atoms with E-state index in [2.05, 4.69) is 5.32 Å². The maximum Gasteiger partial charge on any atom is 0.416 e. The van der Waals surface area contributed by atoms with Crippen LogP contribution in [-0.2, 0) is 11.0 Å². The van der Waals surface area contributed by atoms with Crippen molar-refractivity contribution >= 4 is 17.3 Å². The fourth-order valence-corrected chi connectivity index (χ4v) is 1.44. The summed E-state index contributed by atoms with van der Waals surface area (Å²) < 4.78 is 37.8. The van der Waals surface area contributed by atoms with Crippen LogP contribution in [0, 0.1) is 0 Å². The normalized spacial score (nSPS) is 11.2. The van der Waals surface area contributed by atoms with Gasteiger partial charge in [0.05, 0.1) is 16.9 Å². The van der Waals surface area contributed by atoms with Crippen molar-refractivity contribution in [2.24, 2.45) is 0 Å². The Bertz CT molecular complexity index is 441. The van der Waals surface area contributed by atoms with Crippen LogP contribution in [0.15, 0.2) is 18.2 Å². The number of alkyl halides is 3. The molecule has 0 saturated heterocycles. The molecule has 0 unspecified atom stereocenters. The van der Waals surface area contributed by atoms with Crippen molar-refractivity contribution in [3.63, 3.8) is 0 Å². The summed E-state index contributed by atoms with van der Waals surface area (Å²) in [7, 11) is 3.40. The Balaban J connectivity index is 3.20. The lowest BCUT2D eigenvalue weighted by Crippen LogP contribution is -2.17. The molecule has 3 nitrogen and oxygen atoms in total. The SMILES string of the molecule is CCC(=O)Nc1cc(C(F)(F)F)ccc1N(C)C. The van der Waals surface area contributed by atoms with Crippen LogP contribution in [0.1, 0.15) is 18.9 Å². The van der Waals surface area contributed by atoms with Gasteiger partial charge in [0, 0.05) is 20.5 Å². The third kappa shape index (κ3) is 3.38. The van der Waals surface area contributed by atoms with Gasteiger partial charge in [0.2, 0.25) is 5.91 Å². The Labute approximate surface area is 104 Å².